The molecule has 0 saturated carbocycles. The van der Waals surface area contributed by atoms with Gasteiger partial charge in [-0.25, -0.2) is 0 Å². The molecule has 26 heavy (non-hydrogen) atoms. The highest BCUT2D eigenvalue weighted by Gasteiger charge is 2.37. The van der Waals surface area contributed by atoms with Crippen molar-refractivity contribution in [2.75, 3.05) is 26.8 Å². The second-order valence-corrected chi connectivity index (χ2v) is 6.57. The van der Waals surface area contributed by atoms with Gasteiger partial charge in [-0.3, -0.25) is 14.5 Å². The zero-order chi connectivity index (χ0) is 18.5. The van der Waals surface area contributed by atoms with E-state index in [1.165, 1.54) is 7.11 Å². The minimum atomic E-state index is -0.261. The number of likely N-dealkylation sites (N-methyl/N-ethyl adjacent to an activating group) is 1. The third kappa shape index (κ3) is 4.23. The minimum absolute atomic E-state index is 0.000352. The molecule has 2 aromatic rings. The molecule has 7 heteroatoms. The zero-order valence-corrected chi connectivity index (χ0v) is 15.2. The number of benzene rings is 1. The number of rotatable bonds is 7. The fourth-order valence-electron chi connectivity index (χ4n) is 3.50. The van der Waals surface area contributed by atoms with E-state index in [1.54, 1.807) is 6.26 Å². The highest BCUT2D eigenvalue weighted by molar-refractivity contribution is 5.83. The Kier molecular flexibility index (Phi) is 5.90. The first-order valence-corrected chi connectivity index (χ1v) is 8.87. The van der Waals surface area contributed by atoms with E-state index in [9.17, 15) is 9.59 Å². The lowest BCUT2D eigenvalue weighted by Gasteiger charge is -2.23. The number of hydrogen-bond donors (Lipinski definition) is 2. The number of methoxy groups -OCH3 is 1. The second kappa shape index (κ2) is 8.33. The fourth-order valence-corrected chi connectivity index (χ4v) is 3.50. The van der Waals surface area contributed by atoms with Gasteiger partial charge >= 0.3 is 0 Å². The van der Waals surface area contributed by atoms with Gasteiger partial charge in [-0.15, -0.1) is 0 Å². The van der Waals surface area contributed by atoms with Crippen LogP contribution in [0.5, 0.6) is 0 Å². The number of carbonyl (C=O) groups is 2. The number of ether oxygens (including phenoxy) is 1. The molecule has 2 atom stereocenters. The lowest BCUT2D eigenvalue weighted by molar-refractivity contribution is -0.126. The van der Waals surface area contributed by atoms with E-state index >= 15 is 0 Å². The van der Waals surface area contributed by atoms with Crippen LogP contribution in [0, 0.1) is 0 Å². The Morgan fingerprint density at radius 3 is 2.96 bits per heavy atom. The molecule has 1 aliphatic heterocycles. The van der Waals surface area contributed by atoms with E-state index in [-0.39, 0.29) is 30.5 Å². The van der Waals surface area contributed by atoms with Crippen molar-refractivity contribution in [2.45, 2.75) is 32.0 Å². The van der Waals surface area contributed by atoms with Crippen LogP contribution in [0.3, 0.4) is 0 Å². The number of amides is 2. The van der Waals surface area contributed by atoms with Crippen molar-refractivity contribution >= 4 is 22.8 Å². The number of hydrogen-bond acceptors (Lipinski definition) is 5. The first-order valence-electron chi connectivity index (χ1n) is 8.87. The smallest absolute Gasteiger partial charge is 0.246 e. The van der Waals surface area contributed by atoms with E-state index < -0.39 is 0 Å². The fraction of sp³-hybridized carbons (Fsp3) is 0.474. The molecule has 3 rings (SSSR count). The summed E-state index contributed by atoms with van der Waals surface area (Å²) in [5.74, 6) is -0.158. The lowest BCUT2D eigenvalue weighted by Crippen LogP contribution is -2.42. The van der Waals surface area contributed by atoms with Gasteiger partial charge in [-0.05, 0) is 37.1 Å². The molecule has 1 saturated heterocycles. The second-order valence-electron chi connectivity index (χ2n) is 6.57. The molecular formula is C19H25N3O4. The summed E-state index contributed by atoms with van der Waals surface area (Å²) in [5.41, 5.74) is 1.96. The topological polar surface area (TPSA) is 83.8 Å². The third-order valence-electron chi connectivity index (χ3n) is 4.60. The standard InChI is InChI=1S/C19H25N3O4/c1-3-20-19(24)16-9-15(21-18(23)12-25-2)11-22(16)10-13-4-5-17-14(8-13)6-7-26-17/h4-8,15-16H,3,9-12H2,1-2H3,(H,20,24)(H,21,23)/t15-,16+/m1/s1. The van der Waals surface area contributed by atoms with Crippen LogP contribution in [0.15, 0.2) is 34.9 Å². The maximum atomic E-state index is 12.5. The Hall–Kier alpha value is -2.38. The monoisotopic (exact) mass is 359 g/mol. The van der Waals surface area contributed by atoms with Crippen molar-refractivity contribution < 1.29 is 18.7 Å². The molecule has 0 radical (unpaired) electrons. The summed E-state index contributed by atoms with van der Waals surface area (Å²) in [6.45, 7) is 3.78. The van der Waals surface area contributed by atoms with Crippen molar-refractivity contribution in [3.63, 3.8) is 0 Å². The normalized spacial score (nSPS) is 20.4. The van der Waals surface area contributed by atoms with Crippen LogP contribution in [0.4, 0.5) is 0 Å². The zero-order valence-electron chi connectivity index (χ0n) is 15.2. The predicted octanol–water partition coefficient (Wildman–Crippen LogP) is 1.27. The van der Waals surface area contributed by atoms with Crippen LogP contribution in [-0.2, 0) is 20.9 Å². The Balaban J connectivity index is 1.72. The van der Waals surface area contributed by atoms with Gasteiger partial charge in [0.25, 0.3) is 0 Å². The lowest BCUT2D eigenvalue weighted by atomic mass is 10.1. The summed E-state index contributed by atoms with van der Waals surface area (Å²) in [7, 11) is 1.49. The predicted molar refractivity (Wildman–Crippen MR) is 97.5 cm³/mol. The van der Waals surface area contributed by atoms with Crippen LogP contribution in [-0.4, -0.2) is 55.6 Å². The van der Waals surface area contributed by atoms with Crippen molar-refractivity contribution in [3.05, 3.63) is 36.1 Å². The maximum Gasteiger partial charge on any atom is 0.246 e. The van der Waals surface area contributed by atoms with Crippen LogP contribution >= 0.6 is 0 Å². The molecule has 0 aliphatic carbocycles. The van der Waals surface area contributed by atoms with Crippen molar-refractivity contribution in [1.82, 2.24) is 15.5 Å². The molecule has 0 unspecified atom stereocenters. The van der Waals surface area contributed by atoms with Gasteiger partial charge in [-0.2, -0.15) is 0 Å². The van der Waals surface area contributed by atoms with Gasteiger partial charge in [0.1, 0.15) is 12.2 Å². The molecule has 1 aromatic heterocycles. The van der Waals surface area contributed by atoms with Crippen molar-refractivity contribution in [3.8, 4) is 0 Å². The Labute approximate surface area is 152 Å². The summed E-state index contributed by atoms with van der Waals surface area (Å²) in [4.78, 5) is 26.4. The Morgan fingerprint density at radius 1 is 1.35 bits per heavy atom. The molecular weight excluding hydrogens is 334 g/mol. The van der Waals surface area contributed by atoms with Crippen molar-refractivity contribution in [2.24, 2.45) is 0 Å². The first kappa shape index (κ1) is 18.4. The summed E-state index contributed by atoms with van der Waals surface area (Å²) < 4.78 is 10.2. The van der Waals surface area contributed by atoms with Gasteiger partial charge in [0, 0.05) is 38.2 Å². The van der Waals surface area contributed by atoms with Crippen LogP contribution in [0.25, 0.3) is 11.0 Å². The molecule has 1 aromatic carbocycles. The van der Waals surface area contributed by atoms with Crippen molar-refractivity contribution in [1.29, 1.82) is 0 Å². The number of nitrogens with one attached hydrogen (secondary N) is 2. The number of carbonyl (C=O) groups excluding carboxylic acids is 2. The van der Waals surface area contributed by atoms with Gasteiger partial charge in [0.15, 0.2) is 0 Å². The van der Waals surface area contributed by atoms with E-state index in [0.29, 0.717) is 26.1 Å². The average molecular weight is 359 g/mol. The van der Waals surface area contributed by atoms with Gasteiger partial charge in [0.2, 0.25) is 11.8 Å². The molecule has 1 fully saturated rings. The molecule has 2 N–H and O–H groups in total. The summed E-state index contributed by atoms with van der Waals surface area (Å²) in [6, 6.07) is 7.63. The third-order valence-corrected chi connectivity index (χ3v) is 4.60. The minimum Gasteiger partial charge on any atom is -0.464 e. The highest BCUT2D eigenvalue weighted by Crippen LogP contribution is 2.23. The summed E-state index contributed by atoms with van der Waals surface area (Å²) in [5, 5.41) is 6.88. The first-order chi connectivity index (χ1) is 12.6. The van der Waals surface area contributed by atoms with Crippen LogP contribution < -0.4 is 10.6 Å². The van der Waals surface area contributed by atoms with Gasteiger partial charge in [-0.1, -0.05) is 6.07 Å². The number of likely N-dealkylation sites (tertiary alicyclic amines) is 1. The molecule has 1 aliphatic rings. The number of nitrogens with zero attached hydrogens (tertiary/aromatic N) is 1. The van der Waals surface area contributed by atoms with Gasteiger partial charge < -0.3 is 19.8 Å². The van der Waals surface area contributed by atoms with Gasteiger partial charge in [0.05, 0.1) is 12.3 Å². The molecule has 0 bridgehead atoms. The SMILES string of the molecule is CCNC(=O)[C@@H]1C[C@@H](NC(=O)COC)CN1Cc1ccc2occc2c1. The summed E-state index contributed by atoms with van der Waals surface area (Å²) >= 11 is 0. The summed E-state index contributed by atoms with van der Waals surface area (Å²) in [6.07, 6.45) is 2.26. The average Bonchev–Trinajstić information content (AvgIpc) is 3.21. The molecule has 7 nitrogen and oxygen atoms in total. The molecule has 2 amide bonds. The van der Waals surface area contributed by atoms with Crippen LogP contribution in [0.2, 0.25) is 0 Å². The molecule has 0 spiro atoms. The van der Waals surface area contributed by atoms with E-state index in [0.717, 1.165) is 16.5 Å². The highest BCUT2D eigenvalue weighted by atomic mass is 16.5. The largest absolute Gasteiger partial charge is 0.464 e. The van der Waals surface area contributed by atoms with Crippen LogP contribution in [0.1, 0.15) is 18.9 Å². The Morgan fingerprint density at radius 2 is 2.19 bits per heavy atom. The maximum absolute atomic E-state index is 12.5. The van der Waals surface area contributed by atoms with E-state index in [4.69, 9.17) is 9.15 Å². The quantitative estimate of drug-likeness (QED) is 0.778. The number of furan rings is 1. The van der Waals surface area contributed by atoms with E-state index in [1.807, 2.05) is 25.1 Å². The number of fused-ring (bicyclic) bond motifs is 1. The molecule has 140 valence electrons. The molecule has 2 heterocycles. The Bertz CT molecular complexity index is 773. The van der Waals surface area contributed by atoms with E-state index in [2.05, 4.69) is 21.6 Å².